The number of ether oxygens (including phenoxy) is 2. The first kappa shape index (κ1) is 18.6. The summed E-state index contributed by atoms with van der Waals surface area (Å²) in [7, 11) is 0. The Hall–Kier alpha value is -2.22. The predicted molar refractivity (Wildman–Crippen MR) is 97.7 cm³/mol. The summed E-state index contributed by atoms with van der Waals surface area (Å²) in [5.74, 6) is -0.888. The summed E-state index contributed by atoms with van der Waals surface area (Å²) in [6.45, 7) is 5.54. The molecule has 0 aliphatic heterocycles. The molecule has 140 valence electrons. The molecule has 0 amide bonds. The Morgan fingerprint density at radius 2 is 2.00 bits per heavy atom. The number of esters is 2. The molecule has 0 radical (unpaired) electrons. The standard InChI is InChI=1S/C18H22N2O5S/c1-4-24-13(21)9-20-15(18(23)25-5-2)19-16-14(17(20)22)11-7-6-10(3)8-12(11)26-16/h10H,4-9H2,1-3H3. The van der Waals surface area contributed by atoms with Crippen molar-refractivity contribution in [2.75, 3.05) is 13.2 Å². The number of aryl methyl sites for hydroxylation is 1. The summed E-state index contributed by atoms with van der Waals surface area (Å²) in [5, 5.41) is 0.522. The Bertz CT molecular complexity index is 914. The van der Waals surface area contributed by atoms with Gasteiger partial charge in [0.05, 0.1) is 18.6 Å². The average Bonchev–Trinajstić information content (AvgIpc) is 2.95. The van der Waals surface area contributed by atoms with Gasteiger partial charge in [0.25, 0.3) is 5.56 Å². The molecule has 1 aliphatic carbocycles. The fourth-order valence-electron chi connectivity index (χ4n) is 3.26. The first-order chi connectivity index (χ1) is 12.5. The monoisotopic (exact) mass is 378 g/mol. The van der Waals surface area contributed by atoms with Crippen LogP contribution in [0, 0.1) is 5.92 Å². The highest BCUT2D eigenvalue weighted by Crippen LogP contribution is 2.35. The van der Waals surface area contributed by atoms with E-state index in [-0.39, 0.29) is 31.1 Å². The summed E-state index contributed by atoms with van der Waals surface area (Å²) in [6.07, 6.45) is 2.73. The second-order valence-corrected chi connectivity index (χ2v) is 7.47. The van der Waals surface area contributed by atoms with Crippen LogP contribution >= 0.6 is 11.3 Å². The van der Waals surface area contributed by atoms with E-state index in [1.807, 2.05) is 0 Å². The summed E-state index contributed by atoms with van der Waals surface area (Å²) in [6, 6.07) is 0. The lowest BCUT2D eigenvalue weighted by atomic mass is 9.89. The molecule has 3 rings (SSSR count). The van der Waals surface area contributed by atoms with E-state index in [1.54, 1.807) is 13.8 Å². The van der Waals surface area contributed by atoms with E-state index >= 15 is 0 Å². The third-order valence-electron chi connectivity index (χ3n) is 4.47. The second-order valence-electron chi connectivity index (χ2n) is 6.38. The number of aromatic nitrogens is 2. The van der Waals surface area contributed by atoms with Gasteiger partial charge in [0.2, 0.25) is 5.82 Å². The van der Waals surface area contributed by atoms with Crippen LogP contribution in [0.25, 0.3) is 10.2 Å². The first-order valence-corrected chi connectivity index (χ1v) is 9.65. The molecule has 2 aromatic rings. The zero-order valence-electron chi connectivity index (χ0n) is 15.2. The van der Waals surface area contributed by atoms with Crippen molar-refractivity contribution in [3.05, 3.63) is 26.6 Å². The SMILES string of the molecule is CCOC(=O)Cn1c(C(=O)OCC)nc2sc3c(c2c1=O)CCC(C)C3. The molecular weight excluding hydrogens is 356 g/mol. The van der Waals surface area contributed by atoms with E-state index in [4.69, 9.17) is 9.47 Å². The minimum atomic E-state index is -0.712. The molecule has 0 saturated heterocycles. The maximum absolute atomic E-state index is 13.1. The van der Waals surface area contributed by atoms with E-state index < -0.39 is 11.9 Å². The van der Waals surface area contributed by atoms with Crippen LogP contribution in [0.3, 0.4) is 0 Å². The summed E-state index contributed by atoms with van der Waals surface area (Å²) < 4.78 is 11.1. The van der Waals surface area contributed by atoms with E-state index in [1.165, 1.54) is 11.3 Å². The summed E-state index contributed by atoms with van der Waals surface area (Å²) in [5.41, 5.74) is 0.631. The zero-order chi connectivity index (χ0) is 18.8. The molecule has 1 atom stereocenters. The Morgan fingerprint density at radius 1 is 1.27 bits per heavy atom. The van der Waals surface area contributed by atoms with E-state index in [0.29, 0.717) is 16.1 Å². The van der Waals surface area contributed by atoms with Crippen LogP contribution in [0.15, 0.2) is 4.79 Å². The van der Waals surface area contributed by atoms with Gasteiger partial charge < -0.3 is 9.47 Å². The van der Waals surface area contributed by atoms with Crippen LogP contribution in [-0.4, -0.2) is 34.7 Å². The van der Waals surface area contributed by atoms with E-state index in [9.17, 15) is 14.4 Å². The minimum absolute atomic E-state index is 0.149. The molecule has 0 bridgehead atoms. The van der Waals surface area contributed by atoms with Crippen molar-refractivity contribution >= 4 is 33.5 Å². The zero-order valence-corrected chi connectivity index (χ0v) is 16.0. The number of fused-ring (bicyclic) bond motifs is 3. The lowest BCUT2D eigenvalue weighted by molar-refractivity contribution is -0.143. The number of nitrogens with zero attached hydrogens (tertiary/aromatic N) is 2. The van der Waals surface area contributed by atoms with Crippen molar-refractivity contribution < 1.29 is 19.1 Å². The van der Waals surface area contributed by atoms with Gasteiger partial charge in [0.1, 0.15) is 11.4 Å². The topological polar surface area (TPSA) is 87.5 Å². The molecular formula is C18H22N2O5S. The molecule has 1 aliphatic rings. The molecule has 0 fully saturated rings. The van der Waals surface area contributed by atoms with Crippen LogP contribution < -0.4 is 5.56 Å². The fraction of sp³-hybridized carbons (Fsp3) is 0.556. The van der Waals surface area contributed by atoms with E-state index in [2.05, 4.69) is 11.9 Å². The van der Waals surface area contributed by atoms with Gasteiger partial charge in [-0.1, -0.05) is 6.92 Å². The number of thiophene rings is 1. The van der Waals surface area contributed by atoms with Crippen LogP contribution in [0.1, 0.15) is 48.3 Å². The highest BCUT2D eigenvalue weighted by atomic mass is 32.1. The molecule has 8 heteroatoms. The maximum atomic E-state index is 13.1. The van der Waals surface area contributed by atoms with Crippen LogP contribution in [-0.2, 0) is 33.7 Å². The van der Waals surface area contributed by atoms with Crippen molar-refractivity contribution in [3.63, 3.8) is 0 Å². The predicted octanol–water partition coefficient (Wildman–Crippen LogP) is 2.32. The van der Waals surface area contributed by atoms with Crippen molar-refractivity contribution in [1.29, 1.82) is 0 Å². The maximum Gasteiger partial charge on any atom is 0.374 e. The van der Waals surface area contributed by atoms with Gasteiger partial charge in [-0.3, -0.25) is 14.2 Å². The average molecular weight is 378 g/mol. The molecule has 1 unspecified atom stereocenters. The minimum Gasteiger partial charge on any atom is -0.465 e. The molecule has 0 spiro atoms. The Labute approximate surface area is 154 Å². The molecule has 0 aromatic carbocycles. The molecule has 0 saturated carbocycles. The number of rotatable bonds is 5. The molecule has 26 heavy (non-hydrogen) atoms. The number of carbonyl (C=O) groups is 2. The van der Waals surface area contributed by atoms with Crippen molar-refractivity contribution in [3.8, 4) is 0 Å². The lowest BCUT2D eigenvalue weighted by Crippen LogP contribution is -2.32. The molecule has 7 nitrogen and oxygen atoms in total. The van der Waals surface area contributed by atoms with Gasteiger partial charge in [0.15, 0.2) is 0 Å². The molecule has 0 N–H and O–H groups in total. The third-order valence-corrected chi connectivity index (χ3v) is 5.61. The number of carbonyl (C=O) groups excluding carboxylic acids is 2. The summed E-state index contributed by atoms with van der Waals surface area (Å²) >= 11 is 1.46. The van der Waals surface area contributed by atoms with Crippen LogP contribution in [0.5, 0.6) is 0 Å². The van der Waals surface area contributed by atoms with Crippen LogP contribution in [0.2, 0.25) is 0 Å². The lowest BCUT2D eigenvalue weighted by Gasteiger charge is -2.17. The number of hydrogen-bond donors (Lipinski definition) is 0. The summed E-state index contributed by atoms with van der Waals surface area (Å²) in [4.78, 5) is 43.5. The smallest absolute Gasteiger partial charge is 0.374 e. The quantitative estimate of drug-likeness (QED) is 0.742. The van der Waals surface area contributed by atoms with Gasteiger partial charge in [-0.15, -0.1) is 11.3 Å². The third kappa shape index (κ3) is 3.38. The van der Waals surface area contributed by atoms with Crippen LogP contribution in [0.4, 0.5) is 0 Å². The van der Waals surface area contributed by atoms with Crippen molar-refractivity contribution in [2.24, 2.45) is 5.92 Å². The molecule has 2 heterocycles. The highest BCUT2D eigenvalue weighted by Gasteiger charge is 2.27. The van der Waals surface area contributed by atoms with Crippen molar-refractivity contribution in [2.45, 2.75) is 46.6 Å². The first-order valence-electron chi connectivity index (χ1n) is 8.84. The van der Waals surface area contributed by atoms with Gasteiger partial charge >= 0.3 is 11.9 Å². The number of hydrogen-bond acceptors (Lipinski definition) is 7. The van der Waals surface area contributed by atoms with Gasteiger partial charge in [-0.05, 0) is 44.6 Å². The fourth-order valence-corrected chi connectivity index (χ4v) is 4.63. The van der Waals surface area contributed by atoms with E-state index in [0.717, 1.165) is 34.3 Å². The largest absolute Gasteiger partial charge is 0.465 e. The Kier molecular flexibility index (Phi) is 5.41. The van der Waals surface area contributed by atoms with Crippen molar-refractivity contribution in [1.82, 2.24) is 9.55 Å². The van der Waals surface area contributed by atoms with Gasteiger partial charge in [-0.25, -0.2) is 9.78 Å². The molecule has 2 aromatic heterocycles. The second kappa shape index (κ2) is 7.57. The normalized spacial score (nSPS) is 16.3. The van der Waals surface area contributed by atoms with Gasteiger partial charge in [0, 0.05) is 4.88 Å². The highest BCUT2D eigenvalue weighted by molar-refractivity contribution is 7.18. The Balaban J connectivity index is 2.18. The van der Waals surface area contributed by atoms with Gasteiger partial charge in [-0.2, -0.15) is 0 Å². The Morgan fingerprint density at radius 3 is 2.69 bits per heavy atom.